The molecule has 0 saturated heterocycles. The molecule has 7 nitrogen and oxygen atoms in total. The van der Waals surface area contributed by atoms with E-state index >= 15 is 0 Å². The highest BCUT2D eigenvalue weighted by Gasteiger charge is 2.19. The number of H-pyrrole nitrogens is 1. The van der Waals surface area contributed by atoms with Crippen molar-refractivity contribution in [1.29, 1.82) is 0 Å². The van der Waals surface area contributed by atoms with E-state index in [1.807, 2.05) is 0 Å². The van der Waals surface area contributed by atoms with Crippen molar-refractivity contribution >= 4 is 33.7 Å². The van der Waals surface area contributed by atoms with Crippen LogP contribution in [0.15, 0.2) is 50.0 Å². The van der Waals surface area contributed by atoms with Gasteiger partial charge >= 0.3 is 5.76 Å². The van der Waals surface area contributed by atoms with E-state index in [2.05, 4.69) is 10.3 Å². The second kappa shape index (κ2) is 5.55. The number of hydrogen-bond donors (Lipinski definition) is 2. The van der Waals surface area contributed by atoms with Gasteiger partial charge in [-0.3, -0.25) is 9.78 Å². The summed E-state index contributed by atoms with van der Waals surface area (Å²) in [6.45, 7) is 1.73. The number of ether oxygens (including phenoxy) is 1. The van der Waals surface area contributed by atoms with Crippen LogP contribution in [0.2, 0.25) is 0 Å². The number of carbonyl (C=O) groups is 1. The van der Waals surface area contributed by atoms with E-state index in [4.69, 9.17) is 13.6 Å². The molecule has 25 heavy (non-hydrogen) atoms. The third kappa shape index (κ3) is 2.55. The third-order valence-electron chi connectivity index (χ3n) is 3.98. The minimum atomic E-state index is -0.540. The second-order valence-electron chi connectivity index (χ2n) is 5.57. The molecule has 0 aliphatic rings. The Kier molecular flexibility index (Phi) is 3.35. The minimum Gasteiger partial charge on any atom is -0.497 e. The number of fused-ring (bicyclic) bond motifs is 2. The molecular formula is C18H14N2O5. The number of carbonyl (C=O) groups excluding carboxylic acids is 1. The molecule has 2 heterocycles. The third-order valence-corrected chi connectivity index (χ3v) is 3.98. The monoisotopic (exact) mass is 338 g/mol. The van der Waals surface area contributed by atoms with Crippen LogP contribution in [0.3, 0.4) is 0 Å². The highest BCUT2D eigenvalue weighted by atomic mass is 16.5. The van der Waals surface area contributed by atoms with E-state index in [0.29, 0.717) is 44.8 Å². The van der Waals surface area contributed by atoms with Gasteiger partial charge in [0.05, 0.1) is 18.2 Å². The van der Waals surface area contributed by atoms with E-state index < -0.39 is 5.76 Å². The fourth-order valence-corrected chi connectivity index (χ4v) is 2.83. The van der Waals surface area contributed by atoms with Gasteiger partial charge in [-0.05, 0) is 43.3 Å². The molecule has 2 aromatic carbocycles. The van der Waals surface area contributed by atoms with Gasteiger partial charge in [0.25, 0.3) is 5.91 Å². The normalized spacial score (nSPS) is 11.1. The van der Waals surface area contributed by atoms with E-state index in [-0.39, 0.29) is 5.91 Å². The number of aromatic nitrogens is 1. The van der Waals surface area contributed by atoms with Crippen molar-refractivity contribution in [3.8, 4) is 5.75 Å². The summed E-state index contributed by atoms with van der Waals surface area (Å²) >= 11 is 0. The predicted octanol–water partition coefficient (Wildman–Crippen LogP) is 3.44. The van der Waals surface area contributed by atoms with Crippen molar-refractivity contribution in [2.24, 2.45) is 0 Å². The number of methoxy groups -OCH3 is 1. The first-order valence-corrected chi connectivity index (χ1v) is 7.56. The summed E-state index contributed by atoms with van der Waals surface area (Å²) in [5.41, 5.74) is 2.52. The number of aryl methyl sites for hydroxylation is 1. The first kappa shape index (κ1) is 15.1. The van der Waals surface area contributed by atoms with Crippen LogP contribution in [-0.4, -0.2) is 18.0 Å². The Morgan fingerprint density at radius 1 is 1.12 bits per heavy atom. The van der Waals surface area contributed by atoms with Crippen molar-refractivity contribution in [1.82, 2.24) is 4.98 Å². The molecule has 0 atom stereocenters. The standard InChI is InChI=1S/C18H14N2O5/c1-9-16(12-8-11(23-2)4-6-14(12)24-9)17(21)19-10-3-5-15-13(7-10)20-18(22)25-15/h3-8H,1-2H3,(H,19,21)(H,20,22). The van der Waals surface area contributed by atoms with Crippen LogP contribution in [0.1, 0.15) is 16.1 Å². The lowest BCUT2D eigenvalue weighted by Crippen LogP contribution is -2.12. The Balaban J connectivity index is 1.73. The topological polar surface area (TPSA) is 97.5 Å². The highest BCUT2D eigenvalue weighted by molar-refractivity contribution is 6.13. The smallest absolute Gasteiger partial charge is 0.417 e. The zero-order valence-corrected chi connectivity index (χ0v) is 13.5. The van der Waals surface area contributed by atoms with Crippen LogP contribution in [-0.2, 0) is 0 Å². The summed E-state index contributed by atoms with van der Waals surface area (Å²) in [4.78, 5) is 26.5. The van der Waals surface area contributed by atoms with E-state index in [1.165, 1.54) is 0 Å². The van der Waals surface area contributed by atoms with Crippen LogP contribution < -0.4 is 15.8 Å². The minimum absolute atomic E-state index is 0.310. The number of rotatable bonds is 3. The Morgan fingerprint density at radius 2 is 1.92 bits per heavy atom. The maximum atomic E-state index is 12.7. The van der Waals surface area contributed by atoms with E-state index in [1.54, 1.807) is 50.4 Å². The molecule has 0 aliphatic carbocycles. The number of oxazole rings is 1. The van der Waals surface area contributed by atoms with Gasteiger partial charge in [-0.2, -0.15) is 0 Å². The predicted molar refractivity (Wildman–Crippen MR) is 92.3 cm³/mol. The lowest BCUT2D eigenvalue weighted by Gasteiger charge is -2.05. The molecule has 4 aromatic rings. The second-order valence-corrected chi connectivity index (χ2v) is 5.57. The Labute approximate surface area is 141 Å². The van der Waals surface area contributed by atoms with Gasteiger partial charge in [-0.15, -0.1) is 0 Å². The van der Waals surface area contributed by atoms with Crippen LogP contribution in [0.25, 0.3) is 22.1 Å². The SMILES string of the molecule is COc1ccc2oc(C)c(C(=O)Nc3ccc4oc(=O)[nH]c4c3)c2c1. The molecular weight excluding hydrogens is 324 g/mol. The molecule has 0 radical (unpaired) electrons. The molecule has 4 rings (SSSR count). The molecule has 2 aromatic heterocycles. The number of amides is 1. The average Bonchev–Trinajstić information content (AvgIpc) is 3.11. The maximum Gasteiger partial charge on any atom is 0.417 e. The summed E-state index contributed by atoms with van der Waals surface area (Å²) in [6, 6.07) is 10.2. The van der Waals surface area contributed by atoms with Gasteiger partial charge in [-0.1, -0.05) is 0 Å². The number of benzene rings is 2. The first-order valence-electron chi connectivity index (χ1n) is 7.56. The Hall–Kier alpha value is -3.48. The zero-order valence-electron chi connectivity index (χ0n) is 13.5. The summed E-state index contributed by atoms with van der Waals surface area (Å²) in [6.07, 6.45) is 0. The quantitative estimate of drug-likeness (QED) is 0.596. The number of furan rings is 1. The molecule has 126 valence electrons. The van der Waals surface area contributed by atoms with Crippen molar-refractivity contribution in [3.63, 3.8) is 0 Å². The number of hydrogen-bond acceptors (Lipinski definition) is 5. The molecule has 0 aliphatic heterocycles. The molecule has 0 bridgehead atoms. The summed E-state index contributed by atoms with van der Waals surface area (Å²) in [5, 5.41) is 3.49. The van der Waals surface area contributed by atoms with Gasteiger partial charge in [-0.25, -0.2) is 4.79 Å². The molecule has 1 amide bonds. The van der Waals surface area contributed by atoms with Crippen molar-refractivity contribution in [3.05, 3.63) is 58.3 Å². The lowest BCUT2D eigenvalue weighted by molar-refractivity contribution is 0.102. The van der Waals surface area contributed by atoms with Crippen LogP contribution in [0, 0.1) is 6.92 Å². The van der Waals surface area contributed by atoms with Crippen LogP contribution >= 0.6 is 0 Å². The molecule has 0 unspecified atom stereocenters. The van der Waals surface area contributed by atoms with E-state index in [9.17, 15) is 9.59 Å². The van der Waals surface area contributed by atoms with Crippen LogP contribution in [0.4, 0.5) is 5.69 Å². The van der Waals surface area contributed by atoms with Gasteiger partial charge in [0.1, 0.15) is 17.1 Å². The fourth-order valence-electron chi connectivity index (χ4n) is 2.83. The zero-order chi connectivity index (χ0) is 17.6. The van der Waals surface area contributed by atoms with Crippen LogP contribution in [0.5, 0.6) is 5.75 Å². The van der Waals surface area contributed by atoms with Crippen molar-refractivity contribution in [2.75, 3.05) is 12.4 Å². The lowest BCUT2D eigenvalue weighted by atomic mass is 10.1. The van der Waals surface area contributed by atoms with Crippen molar-refractivity contribution in [2.45, 2.75) is 6.92 Å². The summed E-state index contributed by atoms with van der Waals surface area (Å²) in [7, 11) is 1.56. The first-order chi connectivity index (χ1) is 12.0. The molecule has 0 spiro atoms. The highest BCUT2D eigenvalue weighted by Crippen LogP contribution is 2.30. The Bertz CT molecular complexity index is 1170. The number of nitrogens with one attached hydrogen (secondary N) is 2. The summed E-state index contributed by atoms with van der Waals surface area (Å²) < 4.78 is 15.8. The van der Waals surface area contributed by atoms with E-state index in [0.717, 1.165) is 0 Å². The Morgan fingerprint density at radius 3 is 2.72 bits per heavy atom. The molecule has 7 heteroatoms. The van der Waals surface area contributed by atoms with Crippen molar-refractivity contribution < 1.29 is 18.4 Å². The fraction of sp³-hybridized carbons (Fsp3) is 0.111. The van der Waals surface area contributed by atoms with Gasteiger partial charge in [0, 0.05) is 11.1 Å². The number of anilines is 1. The maximum absolute atomic E-state index is 12.7. The van der Waals surface area contributed by atoms with Gasteiger partial charge in [0.2, 0.25) is 0 Å². The average molecular weight is 338 g/mol. The van der Waals surface area contributed by atoms with Gasteiger partial charge < -0.3 is 18.9 Å². The molecule has 2 N–H and O–H groups in total. The molecule has 0 saturated carbocycles. The van der Waals surface area contributed by atoms with Gasteiger partial charge in [0.15, 0.2) is 5.58 Å². The summed E-state index contributed by atoms with van der Waals surface area (Å²) in [5.74, 6) is 0.301. The largest absolute Gasteiger partial charge is 0.497 e. The number of aromatic amines is 1. The molecule has 0 fully saturated rings.